The standard InChI is InChI=1S/C43H76N14O14S2/c1-21(2)18-28(38(66)51-24(8-4-5-15-44)36(64)55-29(20-73)42(70)71)54-35(63)25(9-6-16-49-43(47)48)52-40(68)33(22(3)58)56-39(67)30-10-7-17-57(30)41(69)27(12-14-32(60)61)53-37(65)26(11-13-31(46)59)50-34(62)23(45)19-72/h21-30,33,58,72-73H,4-20,44-45H2,1-3H3,(H2,46,59)(H,50,62)(H,51,66)(H,52,68)(H,53,65)(H,54,63)(H,55,64)(H,56,67)(H,60,61)(H,70,71)(H4,47,48,49)/t22-,23+,24+,25+,26+,27+,28+,29+,30+,33+/m1/s1. The molecule has 73 heavy (non-hydrogen) atoms. The molecule has 28 nitrogen and oxygen atoms in total. The van der Waals surface area contributed by atoms with Crippen molar-refractivity contribution >= 4 is 96.3 Å². The fourth-order valence-corrected chi connectivity index (χ4v) is 7.79. The number of aliphatic imine (C=N–C) groups is 1. The van der Waals surface area contributed by atoms with E-state index in [9.17, 15) is 68.1 Å². The van der Waals surface area contributed by atoms with Crippen LogP contribution in [0.4, 0.5) is 0 Å². The lowest BCUT2D eigenvalue weighted by Crippen LogP contribution is -2.61. The van der Waals surface area contributed by atoms with Crippen molar-refractivity contribution in [3.63, 3.8) is 0 Å². The molecule has 1 rings (SSSR count). The average molecular weight is 1080 g/mol. The molecule has 1 heterocycles. The quantitative estimate of drug-likeness (QED) is 0.0122. The average Bonchev–Trinajstić information content (AvgIpc) is 3.82. The number of aliphatic hydroxyl groups is 1. The van der Waals surface area contributed by atoms with Gasteiger partial charge in [-0.1, -0.05) is 13.8 Å². The molecule has 1 fully saturated rings. The second-order valence-electron chi connectivity index (χ2n) is 17.9. The second kappa shape index (κ2) is 33.7. The number of amides is 9. The predicted octanol–water partition coefficient (Wildman–Crippen LogP) is -5.62. The Labute approximate surface area is 434 Å². The van der Waals surface area contributed by atoms with Crippen LogP contribution in [-0.2, 0) is 52.7 Å². The van der Waals surface area contributed by atoms with E-state index in [2.05, 4.69) is 67.5 Å². The Morgan fingerprint density at radius 1 is 0.644 bits per heavy atom. The van der Waals surface area contributed by atoms with Crippen LogP contribution in [0.1, 0.15) is 97.8 Å². The minimum atomic E-state index is -1.77. The molecule has 0 bridgehead atoms. The van der Waals surface area contributed by atoms with E-state index in [4.69, 9.17) is 28.7 Å². The summed E-state index contributed by atoms with van der Waals surface area (Å²) in [7, 11) is 0. The van der Waals surface area contributed by atoms with E-state index in [-0.39, 0.29) is 94.4 Å². The number of carbonyl (C=O) groups is 11. The maximum Gasteiger partial charge on any atom is 0.327 e. The van der Waals surface area contributed by atoms with Crippen molar-refractivity contribution in [3.8, 4) is 0 Å². The Kier molecular flexibility index (Phi) is 30.0. The number of likely N-dealkylation sites (tertiary alicyclic amines) is 1. The number of hydrogen-bond donors (Lipinski definition) is 17. The lowest BCUT2D eigenvalue weighted by atomic mass is 10.0. The summed E-state index contributed by atoms with van der Waals surface area (Å²) in [6.07, 6.45) is -2.31. The molecular weight excluding hydrogens is 1000 g/mol. The molecule has 0 saturated carbocycles. The van der Waals surface area contributed by atoms with Crippen molar-refractivity contribution in [1.29, 1.82) is 0 Å². The zero-order valence-electron chi connectivity index (χ0n) is 41.4. The van der Waals surface area contributed by atoms with E-state index in [0.717, 1.165) is 4.90 Å². The number of hydrogen-bond acceptors (Lipinski definition) is 17. The summed E-state index contributed by atoms with van der Waals surface area (Å²) in [4.78, 5) is 149. The highest BCUT2D eigenvalue weighted by Gasteiger charge is 2.41. The van der Waals surface area contributed by atoms with Gasteiger partial charge in [-0.2, -0.15) is 25.3 Å². The molecule has 0 aromatic heterocycles. The van der Waals surface area contributed by atoms with Gasteiger partial charge in [-0.3, -0.25) is 52.9 Å². The number of carboxylic acid groups (broad SMARTS) is 2. The SMILES string of the molecule is CC(C)C[C@H](NC(=O)[C@H](CCCN=C(N)N)NC(=O)[C@@H](NC(=O)[C@@H]1CCCN1C(=O)[C@H](CCC(=O)O)NC(=O)[C@H](CCC(N)=O)NC(=O)[C@@H](N)CS)[C@@H](C)O)C(=O)N[C@@H](CCCCN)C(=O)N[C@@H](CS)C(=O)O. The number of nitrogens with two attached hydrogens (primary N) is 5. The highest BCUT2D eigenvalue weighted by molar-refractivity contribution is 7.80. The van der Waals surface area contributed by atoms with Crippen LogP contribution in [0.15, 0.2) is 4.99 Å². The fourth-order valence-electron chi connectivity index (χ4n) is 7.37. The van der Waals surface area contributed by atoms with Crippen molar-refractivity contribution < 1.29 is 68.1 Å². The monoisotopic (exact) mass is 1080 g/mol. The maximum atomic E-state index is 14.1. The Morgan fingerprint density at radius 2 is 1.15 bits per heavy atom. The van der Waals surface area contributed by atoms with Crippen molar-refractivity contribution in [2.24, 2.45) is 39.6 Å². The molecule has 20 N–H and O–H groups in total. The van der Waals surface area contributed by atoms with Crippen LogP contribution < -0.4 is 65.9 Å². The third kappa shape index (κ3) is 24.1. The number of primary amides is 1. The highest BCUT2D eigenvalue weighted by Crippen LogP contribution is 2.21. The Balaban J connectivity index is 3.48. The van der Waals surface area contributed by atoms with Gasteiger partial charge in [0.05, 0.1) is 12.1 Å². The molecule has 0 aromatic rings. The largest absolute Gasteiger partial charge is 0.481 e. The summed E-state index contributed by atoms with van der Waals surface area (Å²) in [5.41, 5.74) is 27.5. The third-order valence-electron chi connectivity index (χ3n) is 11.3. The number of carboxylic acids is 2. The maximum absolute atomic E-state index is 14.1. The van der Waals surface area contributed by atoms with Crippen molar-refractivity contribution in [1.82, 2.24) is 42.1 Å². The number of carbonyl (C=O) groups excluding carboxylic acids is 9. The summed E-state index contributed by atoms with van der Waals surface area (Å²) in [5, 5.41) is 47.0. The zero-order chi connectivity index (χ0) is 55.5. The van der Waals surface area contributed by atoms with Crippen molar-refractivity contribution in [2.75, 3.05) is 31.1 Å². The molecule has 1 aliphatic rings. The van der Waals surface area contributed by atoms with Gasteiger partial charge in [0.1, 0.15) is 48.3 Å². The Hall–Kier alpha value is -5.98. The molecule has 1 saturated heterocycles. The van der Waals surface area contributed by atoms with Gasteiger partial charge in [0, 0.05) is 37.4 Å². The summed E-state index contributed by atoms with van der Waals surface area (Å²) < 4.78 is 0. The molecule has 0 aliphatic carbocycles. The Bertz CT molecular complexity index is 1950. The summed E-state index contributed by atoms with van der Waals surface area (Å²) >= 11 is 7.94. The van der Waals surface area contributed by atoms with Crippen LogP contribution in [0, 0.1) is 5.92 Å². The summed E-state index contributed by atoms with van der Waals surface area (Å²) in [5.74, 6) is -11.6. The Morgan fingerprint density at radius 3 is 1.66 bits per heavy atom. The van der Waals surface area contributed by atoms with Gasteiger partial charge in [-0.25, -0.2) is 4.79 Å². The lowest BCUT2D eigenvalue weighted by molar-refractivity contribution is -0.144. The van der Waals surface area contributed by atoms with E-state index < -0.39 is 138 Å². The van der Waals surface area contributed by atoms with E-state index in [1.807, 2.05) is 0 Å². The van der Waals surface area contributed by atoms with Crippen LogP contribution >= 0.6 is 25.3 Å². The van der Waals surface area contributed by atoms with Crippen LogP contribution in [0.25, 0.3) is 0 Å². The molecule has 0 unspecified atom stereocenters. The van der Waals surface area contributed by atoms with Gasteiger partial charge in [0.15, 0.2) is 5.96 Å². The first-order valence-corrected chi connectivity index (χ1v) is 25.1. The van der Waals surface area contributed by atoms with Gasteiger partial charge in [0.2, 0.25) is 53.2 Å². The smallest absolute Gasteiger partial charge is 0.327 e. The molecule has 10 atom stereocenters. The number of thiol groups is 2. The van der Waals surface area contributed by atoms with Crippen LogP contribution in [0.3, 0.4) is 0 Å². The molecule has 1 aliphatic heterocycles. The summed E-state index contributed by atoms with van der Waals surface area (Å²) in [6.45, 7) is 4.88. The van der Waals surface area contributed by atoms with E-state index in [0.29, 0.717) is 12.8 Å². The highest BCUT2D eigenvalue weighted by atomic mass is 32.1. The molecule has 0 aromatic carbocycles. The number of nitrogens with zero attached hydrogens (tertiary/aromatic N) is 2. The van der Waals surface area contributed by atoms with Gasteiger partial charge in [0.25, 0.3) is 0 Å². The first kappa shape index (κ1) is 65.0. The molecular formula is C43H76N14O14S2. The number of aliphatic carboxylic acids is 2. The molecule has 0 radical (unpaired) electrons. The van der Waals surface area contributed by atoms with Gasteiger partial charge in [-0.05, 0) is 83.6 Å². The van der Waals surface area contributed by atoms with Crippen LogP contribution in [-0.4, -0.2) is 183 Å². The van der Waals surface area contributed by atoms with Crippen LogP contribution in [0.5, 0.6) is 0 Å². The number of aliphatic hydroxyl groups excluding tert-OH is 1. The minimum absolute atomic E-state index is 0.00990. The molecule has 30 heteroatoms. The third-order valence-corrected chi connectivity index (χ3v) is 12.1. The number of unbranched alkanes of at least 4 members (excludes halogenated alkanes) is 1. The van der Waals surface area contributed by atoms with Gasteiger partial charge >= 0.3 is 11.9 Å². The van der Waals surface area contributed by atoms with Crippen molar-refractivity contribution in [3.05, 3.63) is 0 Å². The second-order valence-corrected chi connectivity index (χ2v) is 18.6. The molecule has 0 spiro atoms. The fraction of sp³-hybridized carbons (Fsp3) is 0.721. The van der Waals surface area contributed by atoms with E-state index >= 15 is 0 Å². The van der Waals surface area contributed by atoms with Crippen LogP contribution in [0.2, 0.25) is 0 Å². The predicted molar refractivity (Wildman–Crippen MR) is 271 cm³/mol. The topological polar surface area (TPSA) is 478 Å². The summed E-state index contributed by atoms with van der Waals surface area (Å²) in [6, 6.07) is -12.7. The van der Waals surface area contributed by atoms with Gasteiger partial charge < -0.3 is 86.1 Å². The zero-order valence-corrected chi connectivity index (χ0v) is 43.2. The lowest BCUT2D eigenvalue weighted by Gasteiger charge is -2.31. The number of guanidine groups is 1. The van der Waals surface area contributed by atoms with Crippen molar-refractivity contribution in [2.45, 2.75) is 158 Å². The van der Waals surface area contributed by atoms with E-state index in [1.165, 1.54) is 6.92 Å². The molecule has 414 valence electrons. The normalized spacial score (nSPS) is 16.9. The number of nitrogens with one attached hydrogen (secondary N) is 7. The van der Waals surface area contributed by atoms with Gasteiger partial charge in [-0.15, -0.1) is 0 Å². The first-order chi connectivity index (χ1) is 34.3. The first-order valence-electron chi connectivity index (χ1n) is 23.8. The number of rotatable bonds is 35. The molecule has 9 amide bonds. The van der Waals surface area contributed by atoms with E-state index in [1.54, 1.807) is 13.8 Å². The minimum Gasteiger partial charge on any atom is -0.481 e.